The molecule has 1 rings (SSSR count). The van der Waals surface area contributed by atoms with Crippen molar-refractivity contribution < 1.29 is 32.7 Å². The maximum absolute atomic E-state index is 12.4. The van der Waals surface area contributed by atoms with E-state index in [1.54, 1.807) is 20.8 Å². The van der Waals surface area contributed by atoms with Gasteiger partial charge in [-0.3, -0.25) is 14.4 Å². The Morgan fingerprint density at radius 1 is 1.39 bits per heavy atom. The Morgan fingerprint density at radius 2 is 1.96 bits per heavy atom. The molecule has 0 saturated carbocycles. The van der Waals surface area contributed by atoms with Crippen LogP contribution in [0, 0.1) is 11.8 Å². The SMILES string of the molecule is CC(C)C(C)(CC(=O)O)NC(=O)C1CC(=O)N(CC(F)(F)F)C1. The van der Waals surface area contributed by atoms with Gasteiger partial charge in [0.15, 0.2) is 0 Å². The van der Waals surface area contributed by atoms with Crippen molar-refractivity contribution in [2.24, 2.45) is 11.8 Å². The molecule has 0 aromatic heterocycles. The summed E-state index contributed by atoms with van der Waals surface area (Å²) in [4.78, 5) is 35.4. The predicted molar refractivity (Wildman–Crippen MR) is 74.4 cm³/mol. The quantitative estimate of drug-likeness (QED) is 0.766. The molecule has 0 radical (unpaired) electrons. The summed E-state index contributed by atoms with van der Waals surface area (Å²) in [6, 6.07) is 0. The molecule has 0 aromatic rings. The second-order valence-corrected chi connectivity index (χ2v) is 6.42. The summed E-state index contributed by atoms with van der Waals surface area (Å²) < 4.78 is 37.1. The zero-order chi connectivity index (χ0) is 18.0. The number of aliphatic carboxylic acids is 1. The number of halogens is 3. The van der Waals surface area contributed by atoms with E-state index >= 15 is 0 Å². The number of carboxylic acids is 1. The third kappa shape index (κ3) is 5.40. The maximum atomic E-state index is 12.4. The molecule has 9 heteroatoms. The molecule has 0 bridgehead atoms. The normalized spacial score (nSPS) is 21.4. The number of alkyl halides is 3. The molecule has 2 atom stereocenters. The number of nitrogens with zero attached hydrogens (tertiary/aromatic N) is 1. The van der Waals surface area contributed by atoms with Gasteiger partial charge in [0.05, 0.1) is 12.3 Å². The van der Waals surface area contributed by atoms with Crippen LogP contribution in [0.5, 0.6) is 0 Å². The highest BCUT2D eigenvalue weighted by Gasteiger charge is 2.42. The van der Waals surface area contributed by atoms with Crippen molar-refractivity contribution in [3.05, 3.63) is 0 Å². The first-order valence-corrected chi connectivity index (χ1v) is 7.22. The number of likely N-dealkylation sites (tertiary alicyclic amines) is 1. The predicted octanol–water partition coefficient (Wildman–Crippen LogP) is 1.40. The monoisotopic (exact) mass is 338 g/mol. The van der Waals surface area contributed by atoms with Crippen LogP contribution in [0.4, 0.5) is 13.2 Å². The summed E-state index contributed by atoms with van der Waals surface area (Å²) in [5, 5.41) is 11.5. The van der Waals surface area contributed by atoms with E-state index in [1.165, 1.54) is 0 Å². The summed E-state index contributed by atoms with van der Waals surface area (Å²) in [6.07, 6.45) is -5.14. The summed E-state index contributed by atoms with van der Waals surface area (Å²) in [5.74, 6) is -3.53. The molecule has 1 aliphatic heterocycles. The van der Waals surface area contributed by atoms with Gasteiger partial charge in [-0.25, -0.2) is 0 Å². The molecule has 1 fully saturated rings. The van der Waals surface area contributed by atoms with Crippen LogP contribution in [0.1, 0.15) is 33.6 Å². The van der Waals surface area contributed by atoms with Crippen LogP contribution in [-0.2, 0) is 14.4 Å². The highest BCUT2D eigenvalue weighted by molar-refractivity contribution is 5.89. The van der Waals surface area contributed by atoms with Crippen molar-refractivity contribution in [3.8, 4) is 0 Å². The van der Waals surface area contributed by atoms with Gasteiger partial charge in [-0.15, -0.1) is 0 Å². The van der Waals surface area contributed by atoms with Crippen molar-refractivity contribution in [1.82, 2.24) is 10.2 Å². The Morgan fingerprint density at radius 3 is 2.39 bits per heavy atom. The molecule has 2 unspecified atom stereocenters. The first-order chi connectivity index (χ1) is 10.3. The lowest BCUT2D eigenvalue weighted by Gasteiger charge is -2.34. The van der Waals surface area contributed by atoms with E-state index < -0.39 is 42.0 Å². The first-order valence-electron chi connectivity index (χ1n) is 7.22. The van der Waals surface area contributed by atoms with Crippen LogP contribution in [-0.4, -0.2) is 52.6 Å². The standard InChI is InChI=1S/C14H21F3N2O4/c1-8(2)13(3,5-11(21)22)18-12(23)9-4-10(20)19(6-9)7-14(15,16)17/h8-9H,4-7H2,1-3H3,(H,18,23)(H,21,22). The van der Waals surface area contributed by atoms with Crippen LogP contribution in [0.3, 0.4) is 0 Å². The summed E-state index contributed by atoms with van der Waals surface area (Å²) in [5.41, 5.74) is -1.04. The van der Waals surface area contributed by atoms with Gasteiger partial charge < -0.3 is 15.3 Å². The number of hydrogen-bond donors (Lipinski definition) is 2. The van der Waals surface area contributed by atoms with Gasteiger partial charge in [-0.1, -0.05) is 13.8 Å². The van der Waals surface area contributed by atoms with E-state index in [0.29, 0.717) is 4.90 Å². The Hall–Kier alpha value is -1.80. The topological polar surface area (TPSA) is 86.7 Å². The second kappa shape index (κ2) is 6.76. The highest BCUT2D eigenvalue weighted by atomic mass is 19.4. The molecule has 1 saturated heterocycles. The van der Waals surface area contributed by atoms with E-state index in [2.05, 4.69) is 5.32 Å². The van der Waals surface area contributed by atoms with E-state index in [9.17, 15) is 27.6 Å². The zero-order valence-corrected chi connectivity index (χ0v) is 13.2. The van der Waals surface area contributed by atoms with Crippen LogP contribution >= 0.6 is 0 Å². The number of carbonyl (C=O) groups excluding carboxylic acids is 2. The van der Waals surface area contributed by atoms with Crippen molar-refractivity contribution >= 4 is 17.8 Å². The van der Waals surface area contributed by atoms with Crippen LogP contribution in [0.25, 0.3) is 0 Å². The molecule has 0 aromatic carbocycles. The first kappa shape index (κ1) is 19.2. The molecule has 2 N–H and O–H groups in total. The van der Waals surface area contributed by atoms with Crippen molar-refractivity contribution in [3.63, 3.8) is 0 Å². The summed E-state index contributed by atoms with van der Waals surface area (Å²) in [7, 11) is 0. The van der Waals surface area contributed by atoms with E-state index in [1.807, 2.05) is 0 Å². The van der Waals surface area contributed by atoms with E-state index in [4.69, 9.17) is 5.11 Å². The average molecular weight is 338 g/mol. The van der Waals surface area contributed by atoms with Crippen LogP contribution in [0.15, 0.2) is 0 Å². The molecule has 1 heterocycles. The molecule has 2 amide bonds. The third-order valence-corrected chi connectivity index (χ3v) is 4.16. The lowest BCUT2D eigenvalue weighted by Crippen LogP contribution is -2.53. The van der Waals surface area contributed by atoms with Crippen LogP contribution in [0.2, 0.25) is 0 Å². The molecule has 0 spiro atoms. The lowest BCUT2D eigenvalue weighted by atomic mass is 9.84. The fraction of sp³-hybridized carbons (Fsp3) is 0.786. The van der Waals surface area contributed by atoms with Gasteiger partial charge in [0, 0.05) is 18.5 Å². The van der Waals surface area contributed by atoms with E-state index in [0.717, 1.165) is 0 Å². The average Bonchev–Trinajstić information content (AvgIpc) is 2.67. The Labute approximate surface area is 132 Å². The Balaban J connectivity index is 2.75. The number of rotatable bonds is 6. The Kier molecular flexibility index (Phi) is 5.65. The molecular weight excluding hydrogens is 317 g/mol. The minimum atomic E-state index is -4.52. The summed E-state index contributed by atoms with van der Waals surface area (Å²) in [6.45, 7) is 3.34. The summed E-state index contributed by atoms with van der Waals surface area (Å²) >= 11 is 0. The van der Waals surface area contributed by atoms with Gasteiger partial charge in [-0.2, -0.15) is 13.2 Å². The highest BCUT2D eigenvalue weighted by Crippen LogP contribution is 2.26. The fourth-order valence-electron chi connectivity index (χ4n) is 2.41. The number of nitrogens with one attached hydrogen (secondary N) is 1. The largest absolute Gasteiger partial charge is 0.481 e. The smallest absolute Gasteiger partial charge is 0.406 e. The number of amides is 2. The zero-order valence-electron chi connectivity index (χ0n) is 13.2. The second-order valence-electron chi connectivity index (χ2n) is 6.42. The Bertz CT molecular complexity index is 493. The van der Waals surface area contributed by atoms with Crippen molar-refractivity contribution in [2.45, 2.75) is 45.3 Å². The third-order valence-electron chi connectivity index (χ3n) is 4.16. The van der Waals surface area contributed by atoms with E-state index in [-0.39, 0.29) is 25.3 Å². The molecule has 23 heavy (non-hydrogen) atoms. The van der Waals surface area contributed by atoms with Gasteiger partial charge in [0.25, 0.3) is 0 Å². The lowest BCUT2D eigenvalue weighted by molar-refractivity contribution is -0.157. The van der Waals surface area contributed by atoms with Crippen molar-refractivity contribution in [2.75, 3.05) is 13.1 Å². The van der Waals surface area contributed by atoms with Gasteiger partial charge in [0.1, 0.15) is 6.54 Å². The van der Waals surface area contributed by atoms with Gasteiger partial charge in [-0.05, 0) is 12.8 Å². The van der Waals surface area contributed by atoms with Gasteiger partial charge >= 0.3 is 12.1 Å². The number of carboxylic acid groups (broad SMARTS) is 1. The molecular formula is C14H21F3N2O4. The maximum Gasteiger partial charge on any atom is 0.406 e. The molecule has 0 aliphatic carbocycles. The minimum Gasteiger partial charge on any atom is -0.481 e. The van der Waals surface area contributed by atoms with Gasteiger partial charge in [0.2, 0.25) is 11.8 Å². The van der Waals surface area contributed by atoms with Crippen molar-refractivity contribution in [1.29, 1.82) is 0 Å². The number of carbonyl (C=O) groups is 3. The molecule has 6 nitrogen and oxygen atoms in total. The fourth-order valence-corrected chi connectivity index (χ4v) is 2.41. The number of hydrogen-bond acceptors (Lipinski definition) is 3. The molecule has 132 valence electrons. The minimum absolute atomic E-state index is 0.203. The van der Waals surface area contributed by atoms with Crippen LogP contribution < -0.4 is 5.32 Å². The molecule has 1 aliphatic rings.